The number of hydrogen-bond acceptors (Lipinski definition) is 6. The minimum atomic E-state index is 0.216. The van der Waals surface area contributed by atoms with E-state index < -0.39 is 0 Å². The van der Waals surface area contributed by atoms with Crippen LogP contribution in [0.15, 0.2) is 10.9 Å². The highest BCUT2D eigenvalue weighted by Gasteiger charge is 2.29. The number of hydrogen-bond donors (Lipinski definition) is 1. The van der Waals surface area contributed by atoms with E-state index in [1.165, 1.54) is 0 Å². The van der Waals surface area contributed by atoms with Crippen LogP contribution < -0.4 is 5.32 Å². The first-order valence-corrected chi connectivity index (χ1v) is 8.26. The van der Waals surface area contributed by atoms with Crippen LogP contribution in [0.2, 0.25) is 0 Å². The number of nitrogens with zero attached hydrogens (tertiary/aromatic N) is 1. The molecule has 0 saturated carbocycles. The average Bonchev–Trinajstić information content (AvgIpc) is 3.01. The molecule has 0 aromatic carbocycles. The summed E-state index contributed by atoms with van der Waals surface area (Å²) in [7, 11) is 0. The zero-order chi connectivity index (χ0) is 13.6. The Morgan fingerprint density at radius 2 is 2.10 bits per heavy atom. The minimum Gasteiger partial charge on any atom is -0.381 e. The molecule has 0 aliphatic carbocycles. The van der Waals surface area contributed by atoms with Gasteiger partial charge in [-0.3, -0.25) is 0 Å². The van der Waals surface area contributed by atoms with E-state index in [1.807, 2.05) is 10.9 Å². The molecule has 0 amide bonds. The molecular formula is C14H22N2O3S. The molecule has 20 heavy (non-hydrogen) atoms. The van der Waals surface area contributed by atoms with Crippen LogP contribution in [0.5, 0.6) is 0 Å². The normalized spacial score (nSPS) is 28.6. The van der Waals surface area contributed by atoms with Crippen LogP contribution >= 0.6 is 11.3 Å². The van der Waals surface area contributed by atoms with E-state index in [1.54, 1.807) is 11.3 Å². The van der Waals surface area contributed by atoms with Crippen molar-refractivity contribution in [3.8, 4) is 0 Å². The largest absolute Gasteiger partial charge is 0.381 e. The monoisotopic (exact) mass is 298 g/mol. The Kier molecular flexibility index (Phi) is 5.38. The lowest BCUT2D eigenvalue weighted by Gasteiger charge is -2.36. The lowest BCUT2D eigenvalue weighted by atomic mass is 10.0. The van der Waals surface area contributed by atoms with Gasteiger partial charge in [-0.1, -0.05) is 0 Å². The van der Waals surface area contributed by atoms with Gasteiger partial charge in [-0.25, -0.2) is 4.98 Å². The van der Waals surface area contributed by atoms with Crippen molar-refractivity contribution < 1.29 is 14.2 Å². The van der Waals surface area contributed by atoms with Gasteiger partial charge in [0.15, 0.2) is 0 Å². The SMILES string of the molecule is c1nc(CO[C@@H]2CCOC[C@@H]2NC2CCOCC2)cs1. The molecule has 0 bridgehead atoms. The fourth-order valence-corrected chi connectivity index (χ4v) is 3.28. The summed E-state index contributed by atoms with van der Waals surface area (Å²) in [6.45, 7) is 3.83. The third kappa shape index (κ3) is 3.99. The van der Waals surface area contributed by atoms with Crippen molar-refractivity contribution in [1.29, 1.82) is 0 Å². The summed E-state index contributed by atoms with van der Waals surface area (Å²) in [4.78, 5) is 4.27. The van der Waals surface area contributed by atoms with E-state index in [4.69, 9.17) is 14.2 Å². The number of thiazole rings is 1. The Morgan fingerprint density at radius 3 is 2.90 bits per heavy atom. The number of ether oxygens (including phenoxy) is 3. The zero-order valence-corrected chi connectivity index (χ0v) is 12.4. The maximum atomic E-state index is 6.05. The second-order valence-electron chi connectivity index (χ2n) is 5.35. The third-order valence-electron chi connectivity index (χ3n) is 3.89. The molecule has 1 aromatic heterocycles. The molecule has 2 atom stereocenters. The van der Waals surface area contributed by atoms with Crippen molar-refractivity contribution in [2.45, 2.75) is 44.1 Å². The van der Waals surface area contributed by atoms with Crippen molar-refractivity contribution in [3.05, 3.63) is 16.6 Å². The third-order valence-corrected chi connectivity index (χ3v) is 4.53. The van der Waals surface area contributed by atoms with Crippen molar-refractivity contribution in [1.82, 2.24) is 10.3 Å². The van der Waals surface area contributed by atoms with E-state index in [9.17, 15) is 0 Å². The molecule has 3 heterocycles. The number of rotatable bonds is 5. The van der Waals surface area contributed by atoms with Gasteiger partial charge in [0.25, 0.3) is 0 Å². The van der Waals surface area contributed by atoms with Crippen molar-refractivity contribution >= 4 is 11.3 Å². The lowest BCUT2D eigenvalue weighted by molar-refractivity contribution is -0.0690. The first kappa shape index (κ1) is 14.4. The quantitative estimate of drug-likeness (QED) is 0.894. The summed E-state index contributed by atoms with van der Waals surface area (Å²) in [5.74, 6) is 0. The Balaban J connectivity index is 1.50. The standard InChI is InChI=1S/C14H22N2O3S/c1-4-17-5-2-11(1)16-13-8-18-6-3-14(13)19-7-12-9-20-10-15-12/h9-11,13-14,16H,1-8H2/t13-,14+/m0/s1. The first-order chi connectivity index (χ1) is 9.92. The molecule has 112 valence electrons. The van der Waals surface area contributed by atoms with Crippen LogP contribution in [0.25, 0.3) is 0 Å². The fourth-order valence-electron chi connectivity index (χ4n) is 2.74. The fraction of sp³-hybridized carbons (Fsp3) is 0.786. The Morgan fingerprint density at radius 1 is 1.25 bits per heavy atom. The molecule has 1 N–H and O–H groups in total. The predicted octanol–water partition coefficient (Wildman–Crippen LogP) is 1.59. The second-order valence-corrected chi connectivity index (χ2v) is 6.07. The van der Waals surface area contributed by atoms with Crippen LogP contribution in [0, 0.1) is 0 Å². The molecule has 1 aromatic rings. The highest BCUT2D eigenvalue weighted by atomic mass is 32.1. The lowest BCUT2D eigenvalue weighted by Crippen LogP contribution is -2.53. The van der Waals surface area contributed by atoms with Crippen molar-refractivity contribution in [2.75, 3.05) is 26.4 Å². The molecule has 2 fully saturated rings. The van der Waals surface area contributed by atoms with Gasteiger partial charge >= 0.3 is 0 Å². The van der Waals surface area contributed by atoms with Gasteiger partial charge in [-0.05, 0) is 19.3 Å². The predicted molar refractivity (Wildman–Crippen MR) is 76.9 cm³/mol. The summed E-state index contributed by atoms with van der Waals surface area (Å²) in [5.41, 5.74) is 2.87. The molecule has 2 aliphatic rings. The maximum Gasteiger partial charge on any atom is 0.0901 e. The minimum absolute atomic E-state index is 0.216. The molecule has 3 rings (SSSR count). The summed E-state index contributed by atoms with van der Waals surface area (Å²) in [6.07, 6.45) is 3.32. The van der Waals surface area contributed by atoms with Crippen LogP contribution in [0.3, 0.4) is 0 Å². The molecule has 0 spiro atoms. The second kappa shape index (κ2) is 7.47. The summed E-state index contributed by atoms with van der Waals surface area (Å²) < 4.78 is 17.1. The molecule has 0 unspecified atom stereocenters. The first-order valence-electron chi connectivity index (χ1n) is 7.32. The van der Waals surface area contributed by atoms with Crippen LogP contribution in [-0.4, -0.2) is 49.6 Å². The van der Waals surface area contributed by atoms with Crippen LogP contribution in [0.1, 0.15) is 25.0 Å². The smallest absolute Gasteiger partial charge is 0.0901 e. The van der Waals surface area contributed by atoms with Crippen LogP contribution in [0.4, 0.5) is 0 Å². The van der Waals surface area contributed by atoms with Gasteiger partial charge < -0.3 is 19.5 Å². The van der Waals surface area contributed by atoms with Gasteiger partial charge in [0, 0.05) is 31.2 Å². The van der Waals surface area contributed by atoms with Gasteiger partial charge in [0.1, 0.15) is 0 Å². The molecule has 2 saturated heterocycles. The van der Waals surface area contributed by atoms with Crippen LogP contribution in [-0.2, 0) is 20.8 Å². The molecule has 6 heteroatoms. The Bertz CT molecular complexity index is 382. The summed E-state index contributed by atoms with van der Waals surface area (Å²) in [5, 5.41) is 5.73. The molecule has 2 aliphatic heterocycles. The van der Waals surface area contributed by atoms with E-state index >= 15 is 0 Å². The number of nitrogens with one attached hydrogen (secondary N) is 1. The molecular weight excluding hydrogens is 276 g/mol. The topological polar surface area (TPSA) is 52.6 Å². The van der Waals surface area contributed by atoms with Crippen molar-refractivity contribution in [3.63, 3.8) is 0 Å². The Labute approximate surface area is 123 Å². The van der Waals surface area contributed by atoms with E-state index in [0.29, 0.717) is 12.6 Å². The van der Waals surface area contributed by atoms with E-state index in [-0.39, 0.29) is 12.1 Å². The molecule has 0 radical (unpaired) electrons. The summed E-state index contributed by atoms with van der Waals surface area (Å²) in [6, 6.07) is 0.811. The average molecular weight is 298 g/mol. The van der Waals surface area contributed by atoms with E-state index in [0.717, 1.165) is 51.4 Å². The maximum absolute atomic E-state index is 6.05. The van der Waals surface area contributed by atoms with Gasteiger partial charge in [-0.15, -0.1) is 11.3 Å². The van der Waals surface area contributed by atoms with Gasteiger partial charge in [0.05, 0.1) is 36.6 Å². The zero-order valence-electron chi connectivity index (χ0n) is 11.6. The Hall–Kier alpha value is -0.530. The van der Waals surface area contributed by atoms with E-state index in [2.05, 4.69) is 10.3 Å². The van der Waals surface area contributed by atoms with Gasteiger partial charge in [-0.2, -0.15) is 0 Å². The summed E-state index contributed by atoms with van der Waals surface area (Å²) >= 11 is 1.61. The van der Waals surface area contributed by atoms with Gasteiger partial charge in [0.2, 0.25) is 0 Å². The highest BCUT2D eigenvalue weighted by Crippen LogP contribution is 2.17. The highest BCUT2D eigenvalue weighted by molar-refractivity contribution is 7.07. The van der Waals surface area contributed by atoms with Crippen molar-refractivity contribution in [2.24, 2.45) is 0 Å². The molecule has 5 nitrogen and oxygen atoms in total. The number of aromatic nitrogens is 1.